The Morgan fingerprint density at radius 1 is 1.12 bits per heavy atom. The Bertz CT molecular complexity index is 781. The van der Waals surface area contributed by atoms with Crippen molar-refractivity contribution in [1.82, 2.24) is 9.88 Å². The van der Waals surface area contributed by atoms with Crippen molar-refractivity contribution in [1.29, 1.82) is 0 Å². The maximum absolute atomic E-state index is 12.5. The van der Waals surface area contributed by atoms with Crippen LogP contribution in [0.3, 0.4) is 0 Å². The van der Waals surface area contributed by atoms with Crippen molar-refractivity contribution in [2.24, 2.45) is 0 Å². The first-order valence-corrected chi connectivity index (χ1v) is 9.05. The third kappa shape index (κ3) is 4.59. The molecule has 4 heteroatoms. The number of carbonyl (C=O) groups is 1. The number of carbonyl (C=O) groups excluding carboxylic acids is 1. The summed E-state index contributed by atoms with van der Waals surface area (Å²) in [5.41, 5.74) is 4.78. The molecule has 1 aromatic carbocycles. The van der Waals surface area contributed by atoms with Gasteiger partial charge in [0.2, 0.25) is 11.5 Å². The molecule has 1 aliphatic rings. The number of amides is 1. The highest BCUT2D eigenvalue weighted by atomic mass is 16.2. The lowest BCUT2D eigenvalue weighted by Gasteiger charge is -2.32. The zero-order chi connectivity index (χ0) is 17.8. The van der Waals surface area contributed by atoms with Gasteiger partial charge in [0.1, 0.15) is 0 Å². The fourth-order valence-electron chi connectivity index (χ4n) is 3.80. The van der Waals surface area contributed by atoms with Crippen LogP contribution in [0.25, 0.3) is 0 Å². The molecule has 1 saturated heterocycles. The number of benzene rings is 1. The highest BCUT2D eigenvalue weighted by molar-refractivity contribution is 5.76. The van der Waals surface area contributed by atoms with Gasteiger partial charge in [-0.15, -0.1) is 0 Å². The van der Waals surface area contributed by atoms with E-state index >= 15 is 0 Å². The number of aromatic amines is 1. The number of pyridine rings is 1. The van der Waals surface area contributed by atoms with Gasteiger partial charge in [-0.2, -0.15) is 0 Å². The van der Waals surface area contributed by atoms with E-state index in [-0.39, 0.29) is 11.5 Å². The number of hydrogen-bond donors (Lipinski definition) is 1. The van der Waals surface area contributed by atoms with Crippen LogP contribution < -0.4 is 5.56 Å². The topological polar surface area (TPSA) is 53.2 Å². The predicted octanol–water partition coefficient (Wildman–Crippen LogP) is 3.33. The van der Waals surface area contributed by atoms with Gasteiger partial charge in [0.25, 0.3) is 0 Å². The first-order chi connectivity index (χ1) is 12.0. The van der Waals surface area contributed by atoms with Crippen molar-refractivity contribution in [2.45, 2.75) is 45.4 Å². The Balaban J connectivity index is 1.52. The minimum Gasteiger partial charge on any atom is -0.343 e. The Kier molecular flexibility index (Phi) is 5.37. The molecule has 1 N–H and O–H groups in total. The number of H-pyrrole nitrogens is 1. The summed E-state index contributed by atoms with van der Waals surface area (Å²) in [5.74, 6) is 0.620. The first-order valence-electron chi connectivity index (χ1n) is 9.05. The first kappa shape index (κ1) is 17.5. The van der Waals surface area contributed by atoms with Crippen LogP contribution in [-0.4, -0.2) is 28.9 Å². The number of likely N-dealkylation sites (tertiary alicyclic amines) is 1. The minimum atomic E-state index is -0.0514. The van der Waals surface area contributed by atoms with Gasteiger partial charge < -0.3 is 9.88 Å². The third-order valence-corrected chi connectivity index (χ3v) is 5.03. The van der Waals surface area contributed by atoms with Gasteiger partial charge in [0.05, 0.1) is 0 Å². The van der Waals surface area contributed by atoms with Gasteiger partial charge in [-0.3, -0.25) is 9.59 Å². The van der Waals surface area contributed by atoms with Gasteiger partial charge in [0.15, 0.2) is 0 Å². The van der Waals surface area contributed by atoms with E-state index in [2.05, 4.69) is 37.0 Å². The number of nitrogens with one attached hydrogen (secondary N) is 1. The second-order valence-electron chi connectivity index (χ2n) is 7.14. The van der Waals surface area contributed by atoms with E-state index in [0.717, 1.165) is 37.9 Å². The number of hydrogen-bond acceptors (Lipinski definition) is 2. The molecule has 3 rings (SSSR count). The fourth-order valence-corrected chi connectivity index (χ4v) is 3.80. The second-order valence-corrected chi connectivity index (χ2v) is 7.14. The summed E-state index contributed by atoms with van der Waals surface area (Å²) < 4.78 is 0. The van der Waals surface area contributed by atoms with Crippen LogP contribution in [-0.2, 0) is 11.2 Å². The standard InChI is InChI=1S/C21H26N2O2/c1-15-11-16(2)13-17(12-15)3-4-21(25)23-9-6-18(7-10-23)19-5-8-22-20(24)14-19/h5,8,11-14,18H,3-4,6-7,9-10H2,1-2H3,(H,22,24). The molecule has 1 aromatic heterocycles. The van der Waals surface area contributed by atoms with E-state index in [1.165, 1.54) is 16.7 Å². The van der Waals surface area contributed by atoms with E-state index in [1.54, 1.807) is 12.3 Å². The third-order valence-electron chi connectivity index (χ3n) is 5.03. The molecule has 0 unspecified atom stereocenters. The van der Waals surface area contributed by atoms with Crippen molar-refractivity contribution in [3.63, 3.8) is 0 Å². The summed E-state index contributed by atoms with van der Waals surface area (Å²) in [6, 6.07) is 10.1. The maximum Gasteiger partial charge on any atom is 0.248 e. The second kappa shape index (κ2) is 7.68. The van der Waals surface area contributed by atoms with E-state index in [1.807, 2.05) is 11.0 Å². The minimum absolute atomic E-state index is 0.0514. The Morgan fingerprint density at radius 2 is 1.80 bits per heavy atom. The van der Waals surface area contributed by atoms with E-state index in [9.17, 15) is 9.59 Å². The number of nitrogens with zero attached hydrogens (tertiary/aromatic N) is 1. The average Bonchev–Trinajstić information content (AvgIpc) is 2.59. The summed E-state index contributed by atoms with van der Waals surface area (Å²) in [5, 5.41) is 0. The van der Waals surface area contributed by atoms with Gasteiger partial charge in [-0.1, -0.05) is 29.3 Å². The lowest BCUT2D eigenvalue weighted by molar-refractivity contribution is -0.132. The van der Waals surface area contributed by atoms with Crippen LogP contribution >= 0.6 is 0 Å². The molecule has 0 bridgehead atoms. The van der Waals surface area contributed by atoms with Crippen molar-refractivity contribution < 1.29 is 4.79 Å². The Labute approximate surface area is 148 Å². The van der Waals surface area contributed by atoms with Gasteiger partial charge in [-0.25, -0.2) is 0 Å². The summed E-state index contributed by atoms with van der Waals surface area (Å²) in [6.07, 6.45) is 4.93. The highest BCUT2D eigenvalue weighted by Crippen LogP contribution is 2.27. The van der Waals surface area contributed by atoms with Crippen LogP contribution in [0.2, 0.25) is 0 Å². The van der Waals surface area contributed by atoms with Crippen molar-refractivity contribution >= 4 is 5.91 Å². The number of aryl methyl sites for hydroxylation is 3. The number of rotatable bonds is 4. The van der Waals surface area contributed by atoms with Gasteiger partial charge in [0, 0.05) is 31.8 Å². The van der Waals surface area contributed by atoms with Crippen LogP contribution in [0.15, 0.2) is 41.3 Å². The fraction of sp³-hybridized carbons (Fsp3) is 0.429. The molecule has 1 fully saturated rings. The predicted molar refractivity (Wildman–Crippen MR) is 99.9 cm³/mol. The summed E-state index contributed by atoms with van der Waals surface area (Å²) >= 11 is 0. The van der Waals surface area contributed by atoms with E-state index < -0.39 is 0 Å². The molecule has 2 aromatic rings. The van der Waals surface area contributed by atoms with Gasteiger partial charge >= 0.3 is 0 Å². The lowest BCUT2D eigenvalue weighted by atomic mass is 9.90. The Hall–Kier alpha value is -2.36. The summed E-state index contributed by atoms with van der Waals surface area (Å²) in [6.45, 7) is 5.75. The zero-order valence-corrected chi connectivity index (χ0v) is 15.0. The van der Waals surface area contributed by atoms with Crippen LogP contribution in [0.4, 0.5) is 0 Å². The molecule has 0 saturated carbocycles. The average molecular weight is 338 g/mol. The SMILES string of the molecule is Cc1cc(C)cc(CCC(=O)N2CCC(c3cc[nH]c(=O)c3)CC2)c1. The molecule has 0 atom stereocenters. The highest BCUT2D eigenvalue weighted by Gasteiger charge is 2.23. The normalized spacial score (nSPS) is 15.4. The molecule has 0 radical (unpaired) electrons. The van der Waals surface area contributed by atoms with E-state index in [4.69, 9.17) is 0 Å². The smallest absolute Gasteiger partial charge is 0.248 e. The van der Waals surface area contributed by atoms with Crippen LogP contribution in [0.5, 0.6) is 0 Å². The molecule has 0 aliphatic carbocycles. The molecular weight excluding hydrogens is 312 g/mol. The molecule has 1 amide bonds. The summed E-state index contributed by atoms with van der Waals surface area (Å²) in [4.78, 5) is 28.6. The quantitative estimate of drug-likeness (QED) is 0.930. The summed E-state index contributed by atoms with van der Waals surface area (Å²) in [7, 11) is 0. The monoisotopic (exact) mass is 338 g/mol. The number of piperidine rings is 1. The molecular formula is C21H26N2O2. The molecule has 1 aliphatic heterocycles. The molecule has 0 spiro atoms. The largest absolute Gasteiger partial charge is 0.343 e. The van der Waals surface area contributed by atoms with Crippen molar-refractivity contribution in [3.8, 4) is 0 Å². The molecule has 2 heterocycles. The molecule has 25 heavy (non-hydrogen) atoms. The zero-order valence-electron chi connectivity index (χ0n) is 15.0. The van der Waals surface area contributed by atoms with Crippen molar-refractivity contribution in [2.75, 3.05) is 13.1 Å². The van der Waals surface area contributed by atoms with Crippen LogP contribution in [0, 0.1) is 13.8 Å². The Morgan fingerprint density at radius 3 is 2.44 bits per heavy atom. The molecule has 132 valence electrons. The van der Waals surface area contributed by atoms with Crippen LogP contribution in [0.1, 0.15) is 47.4 Å². The number of aromatic nitrogens is 1. The van der Waals surface area contributed by atoms with Crippen molar-refractivity contribution in [3.05, 3.63) is 69.1 Å². The lowest BCUT2D eigenvalue weighted by Crippen LogP contribution is -2.38. The van der Waals surface area contributed by atoms with Gasteiger partial charge in [-0.05, 0) is 56.2 Å². The molecule has 4 nitrogen and oxygen atoms in total. The van der Waals surface area contributed by atoms with E-state index in [0.29, 0.717) is 12.3 Å². The maximum atomic E-state index is 12.5.